The van der Waals surface area contributed by atoms with E-state index < -0.39 is 5.54 Å². The quantitative estimate of drug-likeness (QED) is 0.705. The fourth-order valence-corrected chi connectivity index (χ4v) is 2.51. The summed E-state index contributed by atoms with van der Waals surface area (Å²) in [5.74, 6) is 0. The molecule has 0 spiro atoms. The number of nitrogens with two attached hydrogens (primary N) is 1. The van der Waals surface area contributed by atoms with E-state index in [1.807, 2.05) is 30.3 Å². The van der Waals surface area contributed by atoms with Crippen LogP contribution in [-0.2, 0) is 5.54 Å². The lowest BCUT2D eigenvalue weighted by atomic mass is 9.89. The van der Waals surface area contributed by atoms with Gasteiger partial charge in [0.05, 0.1) is 6.07 Å². The average Bonchev–Trinajstić information content (AvgIpc) is 2.51. The topological polar surface area (TPSA) is 53.0 Å². The Balaban J connectivity index is 2.66. The van der Waals surface area contributed by atoms with Crippen molar-refractivity contribution in [3.05, 3.63) is 35.9 Å². The summed E-state index contributed by atoms with van der Waals surface area (Å²) in [6, 6.07) is 12.5. The van der Waals surface area contributed by atoms with Crippen molar-refractivity contribution in [2.75, 3.05) is 13.1 Å². The van der Waals surface area contributed by atoms with Gasteiger partial charge in [-0.05, 0) is 38.8 Å². The first kappa shape index (κ1) is 17.7. The van der Waals surface area contributed by atoms with Crippen LogP contribution < -0.4 is 5.73 Å². The highest BCUT2D eigenvalue weighted by molar-refractivity contribution is 5.30. The van der Waals surface area contributed by atoms with Crippen molar-refractivity contribution in [2.45, 2.75) is 58.0 Å². The largest absolute Gasteiger partial charge is 0.310 e. The molecule has 0 saturated heterocycles. The first-order valence-electron chi connectivity index (χ1n) is 8.03. The van der Waals surface area contributed by atoms with Gasteiger partial charge in [0.15, 0.2) is 0 Å². The molecule has 0 aliphatic rings. The third kappa shape index (κ3) is 5.49. The second-order valence-electron chi connectivity index (χ2n) is 6.04. The van der Waals surface area contributed by atoms with Crippen LogP contribution in [-0.4, -0.2) is 24.0 Å². The van der Waals surface area contributed by atoms with Gasteiger partial charge in [0.2, 0.25) is 0 Å². The molecule has 1 aromatic carbocycles. The molecule has 0 heterocycles. The molecule has 21 heavy (non-hydrogen) atoms. The molecule has 116 valence electrons. The van der Waals surface area contributed by atoms with Gasteiger partial charge >= 0.3 is 0 Å². The second-order valence-corrected chi connectivity index (χ2v) is 6.04. The maximum atomic E-state index is 9.51. The van der Waals surface area contributed by atoms with Crippen molar-refractivity contribution in [2.24, 2.45) is 5.73 Å². The van der Waals surface area contributed by atoms with E-state index in [1.54, 1.807) is 0 Å². The zero-order chi connectivity index (χ0) is 15.7. The number of hydrogen-bond acceptors (Lipinski definition) is 3. The standard InChI is InChI=1S/C18H29N3/c1-4-5-9-13-21(16(2)3)14-12-18(20,15-19)17-10-7-6-8-11-17/h6-8,10-11,16H,4-5,9,12-14,20H2,1-3H3. The smallest absolute Gasteiger partial charge is 0.131 e. The minimum Gasteiger partial charge on any atom is -0.310 e. The van der Waals surface area contributed by atoms with Gasteiger partial charge in [-0.1, -0.05) is 50.1 Å². The highest BCUT2D eigenvalue weighted by atomic mass is 15.1. The molecule has 0 radical (unpaired) electrons. The molecule has 0 amide bonds. The third-order valence-corrected chi connectivity index (χ3v) is 4.06. The van der Waals surface area contributed by atoms with Crippen molar-refractivity contribution in [1.29, 1.82) is 5.26 Å². The molecule has 0 aliphatic carbocycles. The summed E-state index contributed by atoms with van der Waals surface area (Å²) in [6.45, 7) is 8.58. The molecule has 2 N–H and O–H groups in total. The molecular formula is C18H29N3. The molecule has 0 fully saturated rings. The van der Waals surface area contributed by atoms with Crippen LogP contribution in [0, 0.1) is 11.3 Å². The predicted octanol–water partition coefficient (Wildman–Crippen LogP) is 3.65. The lowest BCUT2D eigenvalue weighted by Gasteiger charge is -2.30. The number of nitriles is 1. The van der Waals surface area contributed by atoms with Gasteiger partial charge in [0.25, 0.3) is 0 Å². The Labute approximate surface area is 129 Å². The van der Waals surface area contributed by atoms with E-state index in [0.29, 0.717) is 12.5 Å². The SMILES string of the molecule is CCCCCN(CCC(N)(C#N)c1ccccc1)C(C)C. The molecule has 1 unspecified atom stereocenters. The number of benzene rings is 1. The van der Waals surface area contributed by atoms with E-state index in [1.165, 1.54) is 19.3 Å². The Morgan fingerprint density at radius 2 is 1.86 bits per heavy atom. The Morgan fingerprint density at radius 3 is 2.38 bits per heavy atom. The molecule has 0 saturated carbocycles. The highest BCUT2D eigenvalue weighted by Gasteiger charge is 2.27. The summed E-state index contributed by atoms with van der Waals surface area (Å²) < 4.78 is 0. The van der Waals surface area contributed by atoms with Crippen LogP contribution in [0.1, 0.15) is 52.0 Å². The summed E-state index contributed by atoms with van der Waals surface area (Å²) in [7, 11) is 0. The normalized spacial score (nSPS) is 14.1. The minimum absolute atomic E-state index is 0.487. The fourth-order valence-electron chi connectivity index (χ4n) is 2.51. The van der Waals surface area contributed by atoms with Gasteiger partial charge in [-0.15, -0.1) is 0 Å². The maximum Gasteiger partial charge on any atom is 0.131 e. The van der Waals surface area contributed by atoms with Crippen molar-refractivity contribution in [3.63, 3.8) is 0 Å². The Bertz CT molecular complexity index is 436. The Morgan fingerprint density at radius 1 is 1.19 bits per heavy atom. The van der Waals surface area contributed by atoms with Crippen molar-refractivity contribution >= 4 is 0 Å². The Hall–Kier alpha value is -1.37. The van der Waals surface area contributed by atoms with Crippen molar-refractivity contribution in [3.8, 4) is 6.07 Å². The highest BCUT2D eigenvalue weighted by Crippen LogP contribution is 2.22. The van der Waals surface area contributed by atoms with Gasteiger partial charge in [0.1, 0.15) is 5.54 Å². The molecule has 1 rings (SSSR count). The molecule has 0 bridgehead atoms. The first-order chi connectivity index (χ1) is 10.0. The Kier molecular flexibility index (Phi) is 7.42. The monoisotopic (exact) mass is 287 g/mol. The third-order valence-electron chi connectivity index (χ3n) is 4.06. The molecule has 1 atom stereocenters. The molecular weight excluding hydrogens is 258 g/mol. The van der Waals surface area contributed by atoms with Crippen LogP contribution in [0.15, 0.2) is 30.3 Å². The summed E-state index contributed by atoms with van der Waals surface area (Å²) in [5.41, 5.74) is 6.35. The van der Waals surface area contributed by atoms with Crippen LogP contribution in [0.5, 0.6) is 0 Å². The molecule has 0 aliphatic heterocycles. The lowest BCUT2D eigenvalue weighted by Crippen LogP contribution is -2.41. The molecule has 3 heteroatoms. The van der Waals surface area contributed by atoms with E-state index in [9.17, 15) is 5.26 Å². The van der Waals surface area contributed by atoms with Crippen LogP contribution >= 0.6 is 0 Å². The summed E-state index contributed by atoms with van der Waals surface area (Å²) in [4.78, 5) is 2.43. The van der Waals surface area contributed by atoms with E-state index >= 15 is 0 Å². The van der Waals surface area contributed by atoms with Crippen LogP contribution in [0.3, 0.4) is 0 Å². The number of hydrogen-bond donors (Lipinski definition) is 1. The lowest BCUT2D eigenvalue weighted by molar-refractivity contribution is 0.202. The van der Waals surface area contributed by atoms with Gasteiger partial charge in [-0.2, -0.15) is 5.26 Å². The van der Waals surface area contributed by atoms with Crippen LogP contribution in [0.25, 0.3) is 0 Å². The summed E-state index contributed by atoms with van der Waals surface area (Å²) in [6.07, 6.45) is 4.37. The van der Waals surface area contributed by atoms with Crippen molar-refractivity contribution < 1.29 is 0 Å². The second kappa shape index (κ2) is 8.81. The van der Waals surface area contributed by atoms with E-state index in [-0.39, 0.29) is 0 Å². The first-order valence-corrected chi connectivity index (χ1v) is 8.03. The van der Waals surface area contributed by atoms with Crippen molar-refractivity contribution in [1.82, 2.24) is 4.90 Å². The van der Waals surface area contributed by atoms with E-state index in [0.717, 1.165) is 18.7 Å². The zero-order valence-corrected chi connectivity index (χ0v) is 13.7. The number of unbranched alkanes of at least 4 members (excludes halogenated alkanes) is 2. The van der Waals surface area contributed by atoms with Gasteiger partial charge < -0.3 is 10.6 Å². The average molecular weight is 287 g/mol. The van der Waals surface area contributed by atoms with Gasteiger partial charge in [-0.25, -0.2) is 0 Å². The van der Waals surface area contributed by atoms with E-state index in [2.05, 4.69) is 31.7 Å². The number of rotatable bonds is 9. The van der Waals surface area contributed by atoms with Gasteiger partial charge in [-0.3, -0.25) is 0 Å². The summed E-state index contributed by atoms with van der Waals surface area (Å²) >= 11 is 0. The minimum atomic E-state index is -0.890. The molecule has 0 aromatic heterocycles. The van der Waals surface area contributed by atoms with E-state index in [4.69, 9.17) is 5.73 Å². The van der Waals surface area contributed by atoms with Gasteiger partial charge in [0, 0.05) is 12.6 Å². The van der Waals surface area contributed by atoms with Crippen LogP contribution in [0.2, 0.25) is 0 Å². The van der Waals surface area contributed by atoms with Crippen LogP contribution in [0.4, 0.5) is 0 Å². The summed E-state index contributed by atoms with van der Waals surface area (Å²) in [5, 5.41) is 9.51. The zero-order valence-electron chi connectivity index (χ0n) is 13.7. The predicted molar refractivity (Wildman–Crippen MR) is 88.8 cm³/mol. The molecule has 1 aromatic rings. The maximum absolute atomic E-state index is 9.51. The molecule has 3 nitrogen and oxygen atoms in total. The number of nitrogens with zero attached hydrogens (tertiary/aromatic N) is 2. The fraction of sp³-hybridized carbons (Fsp3) is 0.611.